The first-order valence-corrected chi connectivity index (χ1v) is 4.77. The summed E-state index contributed by atoms with van der Waals surface area (Å²) in [7, 11) is 0. The predicted octanol–water partition coefficient (Wildman–Crippen LogP) is -0.0275. The minimum atomic E-state index is 0.175. The number of amides is 1. The van der Waals surface area contributed by atoms with Crippen molar-refractivity contribution in [3.8, 4) is 12.3 Å². The maximum absolute atomic E-state index is 11.2. The fraction of sp³-hybridized carbons (Fsp3) is 0.700. The van der Waals surface area contributed by atoms with Crippen LogP contribution in [0.25, 0.3) is 0 Å². The van der Waals surface area contributed by atoms with Crippen molar-refractivity contribution in [1.29, 1.82) is 0 Å². The topological polar surface area (TPSA) is 32.3 Å². The van der Waals surface area contributed by atoms with E-state index in [1.807, 2.05) is 0 Å². The van der Waals surface area contributed by atoms with Gasteiger partial charge in [-0.15, -0.1) is 6.42 Å². The molecule has 2 rings (SSSR count). The molecule has 2 aliphatic heterocycles. The molecular formula is C10H14N2O. The molecule has 2 bridgehead atoms. The van der Waals surface area contributed by atoms with Crippen LogP contribution >= 0.6 is 0 Å². The Morgan fingerprint density at radius 3 is 3.08 bits per heavy atom. The standard InChI is InChI=1S/C10H14N2O/c1-2-5-12-8-3-4-9(12)7-11-10(13)6-8/h1,8-9H,3-7H2,(H,11,13)/t8-,9+/m1/s1. The van der Waals surface area contributed by atoms with E-state index in [4.69, 9.17) is 6.42 Å². The van der Waals surface area contributed by atoms with Crippen LogP contribution < -0.4 is 5.32 Å². The first-order chi connectivity index (χ1) is 6.31. The lowest BCUT2D eigenvalue weighted by Crippen LogP contribution is -2.38. The first-order valence-electron chi connectivity index (χ1n) is 4.77. The zero-order valence-corrected chi connectivity index (χ0v) is 7.62. The number of carbonyl (C=O) groups is 1. The molecule has 0 radical (unpaired) electrons. The third-order valence-corrected chi connectivity index (χ3v) is 3.00. The lowest BCUT2D eigenvalue weighted by Gasteiger charge is -2.24. The van der Waals surface area contributed by atoms with Crippen LogP contribution in [0.4, 0.5) is 0 Å². The van der Waals surface area contributed by atoms with Crippen LogP contribution in [-0.2, 0) is 4.79 Å². The van der Waals surface area contributed by atoms with Crippen LogP contribution in [0.2, 0.25) is 0 Å². The molecule has 2 fully saturated rings. The van der Waals surface area contributed by atoms with Gasteiger partial charge in [-0.25, -0.2) is 0 Å². The molecular weight excluding hydrogens is 164 g/mol. The minimum Gasteiger partial charge on any atom is -0.354 e. The van der Waals surface area contributed by atoms with E-state index < -0.39 is 0 Å². The zero-order chi connectivity index (χ0) is 9.26. The van der Waals surface area contributed by atoms with Gasteiger partial charge in [0.1, 0.15) is 0 Å². The van der Waals surface area contributed by atoms with Crippen molar-refractivity contribution in [2.45, 2.75) is 31.3 Å². The van der Waals surface area contributed by atoms with Gasteiger partial charge in [-0.2, -0.15) is 0 Å². The van der Waals surface area contributed by atoms with Crippen molar-refractivity contribution < 1.29 is 4.79 Å². The highest BCUT2D eigenvalue weighted by Crippen LogP contribution is 2.27. The SMILES string of the molecule is C#CCN1[C@@H]2CC[C@H]1CNC(=O)C2. The number of rotatable bonds is 1. The monoisotopic (exact) mass is 178 g/mol. The molecule has 2 aliphatic rings. The number of fused-ring (bicyclic) bond motifs is 2. The Balaban J connectivity index is 2.11. The predicted molar refractivity (Wildman–Crippen MR) is 50.0 cm³/mol. The van der Waals surface area contributed by atoms with Gasteiger partial charge in [0.25, 0.3) is 0 Å². The Bertz CT molecular complexity index is 256. The van der Waals surface area contributed by atoms with Crippen molar-refractivity contribution in [3.05, 3.63) is 0 Å². The van der Waals surface area contributed by atoms with Crippen molar-refractivity contribution in [2.24, 2.45) is 0 Å². The van der Waals surface area contributed by atoms with E-state index in [1.165, 1.54) is 6.42 Å². The lowest BCUT2D eigenvalue weighted by molar-refractivity contribution is -0.121. The third-order valence-electron chi connectivity index (χ3n) is 3.00. The third kappa shape index (κ3) is 1.54. The minimum absolute atomic E-state index is 0.175. The number of carbonyl (C=O) groups excluding carboxylic acids is 1. The van der Waals surface area contributed by atoms with E-state index in [9.17, 15) is 4.79 Å². The second kappa shape index (κ2) is 3.39. The summed E-state index contributed by atoms with van der Waals surface area (Å²) in [6.45, 7) is 1.46. The quantitative estimate of drug-likeness (QED) is 0.572. The zero-order valence-electron chi connectivity index (χ0n) is 7.62. The molecule has 13 heavy (non-hydrogen) atoms. The van der Waals surface area contributed by atoms with Gasteiger partial charge in [0.05, 0.1) is 6.54 Å². The summed E-state index contributed by atoms with van der Waals surface area (Å²) in [4.78, 5) is 13.5. The maximum atomic E-state index is 11.2. The molecule has 3 heteroatoms. The van der Waals surface area contributed by atoms with E-state index in [2.05, 4.69) is 16.1 Å². The second-order valence-corrected chi connectivity index (χ2v) is 3.77. The smallest absolute Gasteiger partial charge is 0.221 e. The highest BCUT2D eigenvalue weighted by Gasteiger charge is 2.36. The van der Waals surface area contributed by atoms with Gasteiger partial charge in [-0.3, -0.25) is 9.69 Å². The van der Waals surface area contributed by atoms with Gasteiger partial charge in [0.15, 0.2) is 0 Å². The molecule has 0 aromatic rings. The Labute approximate surface area is 78.5 Å². The molecule has 0 aromatic carbocycles. The average molecular weight is 178 g/mol. The Hall–Kier alpha value is -1.01. The largest absolute Gasteiger partial charge is 0.354 e. The maximum Gasteiger partial charge on any atom is 0.221 e. The molecule has 0 spiro atoms. The molecule has 1 N–H and O–H groups in total. The Morgan fingerprint density at radius 2 is 2.31 bits per heavy atom. The molecule has 0 aromatic heterocycles. The summed E-state index contributed by atoms with van der Waals surface area (Å²) < 4.78 is 0. The summed E-state index contributed by atoms with van der Waals surface area (Å²) in [5, 5.41) is 2.92. The van der Waals surface area contributed by atoms with Crippen LogP contribution in [0.1, 0.15) is 19.3 Å². The van der Waals surface area contributed by atoms with Crippen LogP contribution in [-0.4, -0.2) is 36.0 Å². The van der Waals surface area contributed by atoms with E-state index in [-0.39, 0.29) is 5.91 Å². The Morgan fingerprint density at radius 1 is 1.54 bits per heavy atom. The van der Waals surface area contributed by atoms with Gasteiger partial charge in [0, 0.05) is 25.0 Å². The molecule has 0 saturated carbocycles. The summed E-state index contributed by atoms with van der Waals surface area (Å²) >= 11 is 0. The molecule has 0 aliphatic carbocycles. The molecule has 2 atom stereocenters. The average Bonchev–Trinajstić information content (AvgIpc) is 2.37. The molecule has 2 saturated heterocycles. The van der Waals surface area contributed by atoms with E-state index in [1.54, 1.807) is 0 Å². The van der Waals surface area contributed by atoms with E-state index in [0.717, 1.165) is 13.0 Å². The lowest BCUT2D eigenvalue weighted by atomic mass is 10.1. The van der Waals surface area contributed by atoms with Gasteiger partial charge < -0.3 is 5.32 Å². The molecule has 3 nitrogen and oxygen atoms in total. The van der Waals surface area contributed by atoms with Crippen molar-refractivity contribution >= 4 is 5.91 Å². The molecule has 2 heterocycles. The number of hydrogen-bond acceptors (Lipinski definition) is 2. The van der Waals surface area contributed by atoms with Crippen LogP contribution in [0.5, 0.6) is 0 Å². The highest BCUT2D eigenvalue weighted by molar-refractivity contribution is 5.77. The van der Waals surface area contributed by atoms with Gasteiger partial charge >= 0.3 is 0 Å². The normalized spacial score (nSPS) is 33.6. The van der Waals surface area contributed by atoms with Crippen molar-refractivity contribution in [2.75, 3.05) is 13.1 Å². The van der Waals surface area contributed by atoms with Crippen LogP contribution in [0.15, 0.2) is 0 Å². The fourth-order valence-electron chi connectivity index (χ4n) is 2.33. The summed E-state index contributed by atoms with van der Waals surface area (Å²) in [6.07, 6.45) is 8.22. The fourth-order valence-corrected chi connectivity index (χ4v) is 2.33. The van der Waals surface area contributed by atoms with Gasteiger partial charge in [0.2, 0.25) is 5.91 Å². The number of nitrogens with zero attached hydrogens (tertiary/aromatic N) is 1. The van der Waals surface area contributed by atoms with E-state index in [0.29, 0.717) is 25.0 Å². The molecule has 70 valence electrons. The summed E-state index contributed by atoms with van der Waals surface area (Å²) in [5.41, 5.74) is 0. The van der Waals surface area contributed by atoms with Crippen LogP contribution in [0.3, 0.4) is 0 Å². The number of terminal acetylenes is 1. The Kier molecular flexibility index (Phi) is 2.24. The number of hydrogen-bond donors (Lipinski definition) is 1. The molecule has 1 amide bonds. The summed E-state index contributed by atoms with van der Waals surface area (Å²) in [5.74, 6) is 2.84. The highest BCUT2D eigenvalue weighted by atomic mass is 16.1. The summed E-state index contributed by atoms with van der Waals surface area (Å²) in [6, 6.07) is 0.871. The van der Waals surface area contributed by atoms with Gasteiger partial charge in [-0.1, -0.05) is 5.92 Å². The van der Waals surface area contributed by atoms with Crippen LogP contribution in [0, 0.1) is 12.3 Å². The van der Waals surface area contributed by atoms with Crippen molar-refractivity contribution in [3.63, 3.8) is 0 Å². The first kappa shape index (κ1) is 8.58. The second-order valence-electron chi connectivity index (χ2n) is 3.77. The van der Waals surface area contributed by atoms with Crippen molar-refractivity contribution in [1.82, 2.24) is 10.2 Å². The van der Waals surface area contributed by atoms with E-state index >= 15 is 0 Å². The molecule has 0 unspecified atom stereocenters. The van der Waals surface area contributed by atoms with Gasteiger partial charge in [-0.05, 0) is 12.8 Å². The number of nitrogens with one attached hydrogen (secondary N) is 1.